The van der Waals surface area contributed by atoms with Gasteiger partial charge in [0.2, 0.25) is 5.91 Å². The predicted octanol–water partition coefficient (Wildman–Crippen LogP) is 3.42. The minimum atomic E-state index is -0.517. The van der Waals surface area contributed by atoms with Gasteiger partial charge in [0, 0.05) is 23.5 Å². The Morgan fingerprint density at radius 2 is 2.23 bits per heavy atom. The first-order valence-corrected chi connectivity index (χ1v) is 7.74. The molecule has 1 saturated heterocycles. The first-order chi connectivity index (χ1) is 10.7. The SMILES string of the molecule is CCCC(CC(=O)N1CCOC1=O)c1cc2ccccc2[nH]1. The minimum absolute atomic E-state index is 0.0956. The van der Waals surface area contributed by atoms with E-state index < -0.39 is 6.09 Å². The Morgan fingerprint density at radius 1 is 1.41 bits per heavy atom. The average Bonchev–Trinajstić information content (AvgIpc) is 3.12. The second kappa shape index (κ2) is 6.22. The van der Waals surface area contributed by atoms with Crippen LogP contribution in [-0.4, -0.2) is 35.0 Å². The predicted molar refractivity (Wildman–Crippen MR) is 83.6 cm³/mol. The number of ether oxygens (including phenoxy) is 1. The van der Waals surface area contributed by atoms with Gasteiger partial charge in [-0.05, 0) is 23.9 Å². The zero-order valence-corrected chi connectivity index (χ0v) is 12.7. The molecule has 2 heterocycles. The van der Waals surface area contributed by atoms with Crippen molar-refractivity contribution in [1.82, 2.24) is 9.88 Å². The van der Waals surface area contributed by atoms with Gasteiger partial charge in [0.25, 0.3) is 0 Å². The van der Waals surface area contributed by atoms with Crippen LogP contribution < -0.4 is 0 Å². The number of fused-ring (bicyclic) bond motifs is 1. The Kier molecular flexibility index (Phi) is 4.13. The second-order valence-corrected chi connectivity index (χ2v) is 5.66. The summed E-state index contributed by atoms with van der Waals surface area (Å²) >= 11 is 0. The van der Waals surface area contributed by atoms with Gasteiger partial charge in [0.1, 0.15) is 6.61 Å². The number of nitrogens with one attached hydrogen (secondary N) is 1. The van der Waals surface area contributed by atoms with Crippen molar-refractivity contribution in [3.63, 3.8) is 0 Å². The molecule has 0 saturated carbocycles. The molecule has 0 radical (unpaired) electrons. The maximum Gasteiger partial charge on any atom is 0.416 e. The number of para-hydroxylation sites is 1. The molecule has 1 aromatic carbocycles. The van der Waals surface area contributed by atoms with Crippen molar-refractivity contribution in [3.05, 3.63) is 36.0 Å². The molecule has 5 heteroatoms. The minimum Gasteiger partial charge on any atom is -0.447 e. The zero-order valence-electron chi connectivity index (χ0n) is 12.7. The number of rotatable bonds is 5. The molecule has 0 bridgehead atoms. The molecule has 1 unspecified atom stereocenters. The van der Waals surface area contributed by atoms with Gasteiger partial charge in [0.15, 0.2) is 0 Å². The molecule has 22 heavy (non-hydrogen) atoms. The van der Waals surface area contributed by atoms with E-state index in [1.54, 1.807) is 0 Å². The normalized spacial score (nSPS) is 16.0. The number of hydrogen-bond acceptors (Lipinski definition) is 3. The van der Waals surface area contributed by atoms with Crippen LogP contribution in [0.3, 0.4) is 0 Å². The third-order valence-electron chi connectivity index (χ3n) is 4.11. The molecule has 1 N–H and O–H groups in total. The summed E-state index contributed by atoms with van der Waals surface area (Å²) in [6.45, 7) is 2.77. The van der Waals surface area contributed by atoms with Crippen LogP contribution >= 0.6 is 0 Å². The van der Waals surface area contributed by atoms with E-state index in [1.165, 1.54) is 4.90 Å². The zero-order chi connectivity index (χ0) is 15.5. The molecule has 1 atom stereocenters. The Morgan fingerprint density at radius 3 is 2.91 bits per heavy atom. The highest BCUT2D eigenvalue weighted by Crippen LogP contribution is 2.28. The summed E-state index contributed by atoms with van der Waals surface area (Å²) in [7, 11) is 0. The van der Waals surface area contributed by atoms with Gasteiger partial charge in [0.05, 0.1) is 6.54 Å². The molecule has 1 aromatic heterocycles. The van der Waals surface area contributed by atoms with Crippen molar-refractivity contribution in [3.8, 4) is 0 Å². The van der Waals surface area contributed by atoms with Crippen molar-refractivity contribution in [2.45, 2.75) is 32.1 Å². The van der Waals surface area contributed by atoms with Crippen LogP contribution in [0.4, 0.5) is 4.79 Å². The Hall–Kier alpha value is -2.30. The molecule has 0 spiro atoms. The number of imide groups is 1. The van der Waals surface area contributed by atoms with Crippen molar-refractivity contribution in [1.29, 1.82) is 0 Å². The Balaban J connectivity index is 1.79. The number of nitrogens with zero attached hydrogens (tertiary/aromatic N) is 1. The summed E-state index contributed by atoms with van der Waals surface area (Å²) in [5, 5.41) is 1.15. The van der Waals surface area contributed by atoms with Crippen LogP contribution in [0.2, 0.25) is 0 Å². The summed E-state index contributed by atoms with van der Waals surface area (Å²) in [6, 6.07) is 10.2. The molecule has 1 fully saturated rings. The van der Waals surface area contributed by atoms with Crippen LogP contribution in [0, 0.1) is 0 Å². The maximum absolute atomic E-state index is 12.3. The van der Waals surface area contributed by atoms with Gasteiger partial charge in [-0.15, -0.1) is 0 Å². The van der Waals surface area contributed by atoms with Crippen LogP contribution in [0.5, 0.6) is 0 Å². The molecule has 116 valence electrons. The van der Waals surface area contributed by atoms with Crippen molar-refractivity contribution >= 4 is 22.9 Å². The number of benzene rings is 1. The van der Waals surface area contributed by atoms with Gasteiger partial charge >= 0.3 is 6.09 Å². The van der Waals surface area contributed by atoms with Crippen LogP contribution in [0.25, 0.3) is 10.9 Å². The van der Waals surface area contributed by atoms with Crippen LogP contribution in [-0.2, 0) is 9.53 Å². The van der Waals surface area contributed by atoms with E-state index in [0.717, 1.165) is 29.4 Å². The van der Waals surface area contributed by atoms with Crippen molar-refractivity contribution in [2.24, 2.45) is 0 Å². The largest absolute Gasteiger partial charge is 0.447 e. The lowest BCUT2D eigenvalue weighted by atomic mass is 9.95. The smallest absolute Gasteiger partial charge is 0.416 e. The highest BCUT2D eigenvalue weighted by atomic mass is 16.6. The first kappa shape index (κ1) is 14.6. The summed E-state index contributed by atoms with van der Waals surface area (Å²) in [6.07, 6.45) is 1.70. The molecule has 2 amide bonds. The molecule has 1 aliphatic heterocycles. The van der Waals surface area contributed by atoms with Gasteiger partial charge in [-0.25, -0.2) is 9.69 Å². The molecule has 2 aromatic rings. The fourth-order valence-electron chi connectivity index (χ4n) is 2.97. The third-order valence-corrected chi connectivity index (χ3v) is 4.11. The number of aromatic nitrogens is 1. The van der Waals surface area contributed by atoms with E-state index in [1.807, 2.05) is 18.2 Å². The van der Waals surface area contributed by atoms with E-state index in [9.17, 15) is 9.59 Å². The van der Waals surface area contributed by atoms with Crippen LogP contribution in [0.15, 0.2) is 30.3 Å². The van der Waals surface area contributed by atoms with Gasteiger partial charge in [-0.2, -0.15) is 0 Å². The number of carbonyl (C=O) groups excluding carboxylic acids is 2. The number of amides is 2. The number of H-pyrrole nitrogens is 1. The monoisotopic (exact) mass is 300 g/mol. The summed E-state index contributed by atoms with van der Waals surface area (Å²) < 4.78 is 4.84. The molecular weight excluding hydrogens is 280 g/mol. The maximum atomic E-state index is 12.3. The molecule has 5 nitrogen and oxygen atoms in total. The Bertz CT molecular complexity index is 659. The van der Waals surface area contributed by atoms with Gasteiger partial charge < -0.3 is 9.72 Å². The molecule has 1 aliphatic rings. The van der Waals surface area contributed by atoms with E-state index >= 15 is 0 Å². The fraction of sp³-hybridized carbons (Fsp3) is 0.412. The summed E-state index contributed by atoms with van der Waals surface area (Å²) in [4.78, 5) is 28.5. The van der Waals surface area contributed by atoms with E-state index in [-0.39, 0.29) is 11.8 Å². The van der Waals surface area contributed by atoms with Gasteiger partial charge in [-0.3, -0.25) is 4.79 Å². The summed E-state index contributed by atoms with van der Waals surface area (Å²) in [5.41, 5.74) is 2.13. The number of hydrogen-bond donors (Lipinski definition) is 1. The van der Waals surface area contributed by atoms with Gasteiger partial charge in [-0.1, -0.05) is 31.5 Å². The Labute approximate surface area is 129 Å². The average molecular weight is 300 g/mol. The fourth-order valence-corrected chi connectivity index (χ4v) is 2.97. The second-order valence-electron chi connectivity index (χ2n) is 5.66. The summed E-state index contributed by atoms with van der Waals surface area (Å²) in [5.74, 6) is -0.0575. The standard InChI is InChI=1S/C17H20N2O3/c1-2-5-12(11-16(20)19-8-9-22-17(19)21)15-10-13-6-3-4-7-14(13)18-15/h3-4,6-7,10,12,18H,2,5,8-9,11H2,1H3. The lowest BCUT2D eigenvalue weighted by molar-refractivity contribution is -0.128. The lowest BCUT2D eigenvalue weighted by Gasteiger charge is -2.17. The topological polar surface area (TPSA) is 62.4 Å². The lowest BCUT2D eigenvalue weighted by Crippen LogP contribution is -2.32. The highest BCUT2D eigenvalue weighted by Gasteiger charge is 2.30. The first-order valence-electron chi connectivity index (χ1n) is 7.74. The highest BCUT2D eigenvalue weighted by molar-refractivity contribution is 5.93. The number of cyclic esters (lactones) is 1. The number of carbonyl (C=O) groups is 2. The van der Waals surface area contributed by atoms with E-state index in [0.29, 0.717) is 19.6 Å². The molecular formula is C17H20N2O3. The van der Waals surface area contributed by atoms with Crippen LogP contribution in [0.1, 0.15) is 37.8 Å². The molecule has 0 aliphatic carbocycles. The van der Waals surface area contributed by atoms with Crippen molar-refractivity contribution < 1.29 is 14.3 Å². The molecule has 3 rings (SSSR count). The quantitative estimate of drug-likeness (QED) is 0.920. The van der Waals surface area contributed by atoms with E-state index in [4.69, 9.17) is 4.74 Å². The number of aromatic amines is 1. The van der Waals surface area contributed by atoms with Crippen molar-refractivity contribution in [2.75, 3.05) is 13.2 Å². The third kappa shape index (κ3) is 2.84. The van der Waals surface area contributed by atoms with E-state index in [2.05, 4.69) is 24.0 Å².